The fourth-order valence-corrected chi connectivity index (χ4v) is 2.82. The molecule has 1 aliphatic rings. The molecule has 0 aromatic heterocycles. The van der Waals surface area contributed by atoms with Gasteiger partial charge in [0.05, 0.1) is 12.6 Å². The maximum Gasteiger partial charge on any atom is 0.234 e. The highest BCUT2D eigenvalue weighted by Crippen LogP contribution is 2.21. The van der Waals surface area contributed by atoms with Crippen molar-refractivity contribution in [3.8, 4) is 0 Å². The second kappa shape index (κ2) is 7.57. The molecule has 4 heteroatoms. The van der Waals surface area contributed by atoms with Crippen molar-refractivity contribution in [1.82, 2.24) is 15.5 Å². The summed E-state index contributed by atoms with van der Waals surface area (Å²) in [4.78, 5) is 14.6. The summed E-state index contributed by atoms with van der Waals surface area (Å²) in [5.74, 6) is 0.489. The fraction of sp³-hybridized carbons (Fsp3) is 0.588. The van der Waals surface area contributed by atoms with Gasteiger partial charge in [0.15, 0.2) is 0 Å². The lowest BCUT2D eigenvalue weighted by atomic mass is 9.96. The van der Waals surface area contributed by atoms with E-state index in [-0.39, 0.29) is 11.9 Å². The molecule has 1 aromatic rings. The maximum atomic E-state index is 12.4. The third-order valence-corrected chi connectivity index (χ3v) is 4.13. The molecule has 0 aliphatic carbocycles. The first-order valence-corrected chi connectivity index (χ1v) is 7.87. The first-order valence-electron chi connectivity index (χ1n) is 7.87. The molecule has 0 saturated carbocycles. The summed E-state index contributed by atoms with van der Waals surface area (Å²) in [6.07, 6.45) is 0. The third-order valence-electron chi connectivity index (χ3n) is 4.13. The Kier molecular flexibility index (Phi) is 5.76. The summed E-state index contributed by atoms with van der Waals surface area (Å²) in [5.41, 5.74) is 1.18. The van der Waals surface area contributed by atoms with Crippen LogP contribution in [0.5, 0.6) is 0 Å². The van der Waals surface area contributed by atoms with Crippen LogP contribution in [0.1, 0.15) is 32.4 Å². The molecule has 116 valence electrons. The number of hydrogen-bond donors (Lipinski definition) is 2. The Morgan fingerprint density at radius 2 is 2.10 bits per heavy atom. The number of amides is 1. The summed E-state index contributed by atoms with van der Waals surface area (Å²) in [7, 11) is 0. The van der Waals surface area contributed by atoms with E-state index in [4.69, 9.17) is 0 Å². The minimum atomic E-state index is 0.0805. The van der Waals surface area contributed by atoms with E-state index in [0.29, 0.717) is 18.5 Å². The average Bonchev–Trinajstić information content (AvgIpc) is 2.48. The van der Waals surface area contributed by atoms with Crippen molar-refractivity contribution < 1.29 is 4.79 Å². The quantitative estimate of drug-likeness (QED) is 0.868. The van der Waals surface area contributed by atoms with E-state index < -0.39 is 0 Å². The van der Waals surface area contributed by atoms with E-state index in [9.17, 15) is 4.79 Å². The Morgan fingerprint density at radius 3 is 2.71 bits per heavy atom. The van der Waals surface area contributed by atoms with Crippen LogP contribution in [0.25, 0.3) is 0 Å². The van der Waals surface area contributed by atoms with Gasteiger partial charge in [0.2, 0.25) is 5.91 Å². The zero-order chi connectivity index (χ0) is 15.2. The number of piperazine rings is 1. The van der Waals surface area contributed by atoms with Gasteiger partial charge in [-0.2, -0.15) is 0 Å². The van der Waals surface area contributed by atoms with E-state index in [1.165, 1.54) is 5.56 Å². The lowest BCUT2D eigenvalue weighted by Crippen LogP contribution is -2.53. The number of hydrogen-bond acceptors (Lipinski definition) is 3. The molecule has 2 atom stereocenters. The van der Waals surface area contributed by atoms with E-state index in [1.807, 2.05) is 18.2 Å². The van der Waals surface area contributed by atoms with Crippen molar-refractivity contribution in [3.63, 3.8) is 0 Å². The Bertz CT molecular complexity index is 447. The second-order valence-electron chi connectivity index (χ2n) is 6.22. The largest absolute Gasteiger partial charge is 0.348 e. The molecular formula is C17H27N3O. The van der Waals surface area contributed by atoms with E-state index >= 15 is 0 Å². The SMILES string of the molecule is CC(C)C(NC(=O)CN1CCNC[C@H]1C)c1ccccc1. The lowest BCUT2D eigenvalue weighted by molar-refractivity contribution is -0.124. The van der Waals surface area contributed by atoms with Crippen molar-refractivity contribution in [1.29, 1.82) is 0 Å². The normalized spacial score (nSPS) is 21.2. The zero-order valence-corrected chi connectivity index (χ0v) is 13.3. The number of carbonyl (C=O) groups is 1. The van der Waals surface area contributed by atoms with Crippen molar-refractivity contribution in [2.75, 3.05) is 26.2 Å². The number of rotatable bonds is 5. The Morgan fingerprint density at radius 1 is 1.38 bits per heavy atom. The topological polar surface area (TPSA) is 44.4 Å². The molecule has 1 heterocycles. The van der Waals surface area contributed by atoms with Crippen molar-refractivity contribution in [3.05, 3.63) is 35.9 Å². The molecule has 21 heavy (non-hydrogen) atoms. The highest BCUT2D eigenvalue weighted by atomic mass is 16.2. The predicted octanol–water partition coefficient (Wildman–Crippen LogP) is 1.79. The first-order chi connectivity index (χ1) is 10.1. The van der Waals surface area contributed by atoms with Gasteiger partial charge in [0.25, 0.3) is 0 Å². The van der Waals surface area contributed by atoms with Crippen molar-refractivity contribution in [2.45, 2.75) is 32.9 Å². The van der Waals surface area contributed by atoms with Gasteiger partial charge >= 0.3 is 0 Å². The number of nitrogens with one attached hydrogen (secondary N) is 2. The highest BCUT2D eigenvalue weighted by Gasteiger charge is 2.23. The van der Waals surface area contributed by atoms with Crippen molar-refractivity contribution in [2.24, 2.45) is 5.92 Å². The molecular weight excluding hydrogens is 262 g/mol. The van der Waals surface area contributed by atoms with Gasteiger partial charge in [-0.1, -0.05) is 44.2 Å². The maximum absolute atomic E-state index is 12.4. The third kappa shape index (κ3) is 4.55. The zero-order valence-electron chi connectivity index (χ0n) is 13.3. The van der Waals surface area contributed by atoms with Crippen LogP contribution in [0.2, 0.25) is 0 Å². The molecule has 4 nitrogen and oxygen atoms in total. The smallest absolute Gasteiger partial charge is 0.234 e. The highest BCUT2D eigenvalue weighted by molar-refractivity contribution is 5.78. The summed E-state index contributed by atoms with van der Waals surface area (Å²) in [5, 5.41) is 6.55. The van der Waals surface area contributed by atoms with E-state index in [2.05, 4.69) is 48.4 Å². The monoisotopic (exact) mass is 289 g/mol. The Hall–Kier alpha value is -1.39. The molecule has 0 spiro atoms. The predicted molar refractivity (Wildman–Crippen MR) is 86.1 cm³/mol. The Labute approximate surface area is 127 Å². The number of benzene rings is 1. The van der Waals surface area contributed by atoms with Crippen molar-refractivity contribution >= 4 is 5.91 Å². The van der Waals surface area contributed by atoms with Gasteiger partial charge in [-0.3, -0.25) is 9.69 Å². The molecule has 2 rings (SSSR count). The molecule has 2 N–H and O–H groups in total. The molecule has 1 aliphatic heterocycles. The summed E-state index contributed by atoms with van der Waals surface area (Å²) in [6.45, 7) is 9.79. The molecule has 1 unspecified atom stereocenters. The number of carbonyl (C=O) groups excluding carboxylic acids is 1. The fourth-order valence-electron chi connectivity index (χ4n) is 2.82. The molecule has 0 radical (unpaired) electrons. The van der Waals surface area contributed by atoms with E-state index in [0.717, 1.165) is 19.6 Å². The molecule has 1 aromatic carbocycles. The molecule has 1 amide bonds. The standard InChI is InChI=1S/C17H27N3O/c1-13(2)17(15-7-5-4-6-8-15)19-16(21)12-20-10-9-18-11-14(20)3/h4-8,13-14,17-18H,9-12H2,1-3H3,(H,19,21)/t14-,17?/m1/s1. The minimum absolute atomic E-state index is 0.0805. The summed E-state index contributed by atoms with van der Waals surface area (Å²) in [6, 6.07) is 10.7. The summed E-state index contributed by atoms with van der Waals surface area (Å²) >= 11 is 0. The van der Waals surface area contributed by atoms with Gasteiger partial charge in [0.1, 0.15) is 0 Å². The van der Waals surface area contributed by atoms with Gasteiger partial charge in [-0.15, -0.1) is 0 Å². The first kappa shape index (κ1) is 16.0. The van der Waals surface area contributed by atoms with Gasteiger partial charge in [-0.05, 0) is 18.4 Å². The Balaban J connectivity index is 1.95. The van der Waals surface area contributed by atoms with Crippen LogP contribution in [-0.2, 0) is 4.79 Å². The van der Waals surface area contributed by atoms with Gasteiger partial charge < -0.3 is 10.6 Å². The van der Waals surface area contributed by atoms with Crippen LogP contribution in [0.4, 0.5) is 0 Å². The van der Waals surface area contributed by atoms with Crippen LogP contribution < -0.4 is 10.6 Å². The van der Waals surface area contributed by atoms with E-state index in [1.54, 1.807) is 0 Å². The minimum Gasteiger partial charge on any atom is -0.348 e. The molecule has 1 saturated heterocycles. The second-order valence-corrected chi connectivity index (χ2v) is 6.22. The van der Waals surface area contributed by atoms with Gasteiger partial charge in [-0.25, -0.2) is 0 Å². The van der Waals surface area contributed by atoms with Crippen LogP contribution in [-0.4, -0.2) is 43.0 Å². The average molecular weight is 289 g/mol. The van der Waals surface area contributed by atoms with Crippen LogP contribution in [0.15, 0.2) is 30.3 Å². The van der Waals surface area contributed by atoms with Crippen LogP contribution in [0.3, 0.4) is 0 Å². The van der Waals surface area contributed by atoms with Gasteiger partial charge in [0, 0.05) is 25.7 Å². The van der Waals surface area contributed by atoms with Crippen LogP contribution in [0, 0.1) is 5.92 Å². The summed E-state index contributed by atoms with van der Waals surface area (Å²) < 4.78 is 0. The molecule has 0 bridgehead atoms. The lowest BCUT2D eigenvalue weighted by Gasteiger charge is -2.34. The molecule has 1 fully saturated rings. The van der Waals surface area contributed by atoms with Crippen LogP contribution >= 0.6 is 0 Å². The number of nitrogens with zero attached hydrogens (tertiary/aromatic N) is 1.